The number of thiazole rings is 1. The van der Waals surface area contributed by atoms with Crippen LogP contribution in [0.15, 0.2) is 48.5 Å². The zero-order valence-corrected chi connectivity index (χ0v) is 15.5. The monoisotopic (exact) mass is 380 g/mol. The number of para-hydroxylation sites is 2. The summed E-state index contributed by atoms with van der Waals surface area (Å²) in [5.41, 5.74) is 2.10. The number of carbonyl (C=O) groups excluding carboxylic acids is 2. The number of esters is 1. The van der Waals surface area contributed by atoms with Crippen molar-refractivity contribution in [2.45, 2.75) is 12.8 Å². The van der Waals surface area contributed by atoms with Crippen LogP contribution < -0.4 is 10.1 Å². The van der Waals surface area contributed by atoms with Crippen LogP contribution in [0, 0.1) is 6.92 Å². The van der Waals surface area contributed by atoms with Gasteiger partial charge in [0.2, 0.25) is 5.91 Å². The lowest BCUT2D eigenvalue weighted by molar-refractivity contribution is -0.116. The summed E-state index contributed by atoms with van der Waals surface area (Å²) in [6.07, 6.45) is 0. The SMILES string of the molecule is COC(=O)c1sc(NC(=O)C2c3ccccc3Oc3ccccc32)nc1C. The van der Waals surface area contributed by atoms with E-state index < -0.39 is 11.9 Å². The molecule has 27 heavy (non-hydrogen) atoms. The molecule has 0 aliphatic carbocycles. The Labute approximate surface area is 159 Å². The number of hydrogen-bond acceptors (Lipinski definition) is 6. The smallest absolute Gasteiger partial charge is 0.350 e. The first-order valence-corrected chi connectivity index (χ1v) is 9.12. The van der Waals surface area contributed by atoms with Crippen LogP contribution in [0.2, 0.25) is 0 Å². The standard InChI is InChI=1S/C20H16N2O4S/c1-11-17(19(24)25-2)27-20(21-11)22-18(23)16-12-7-3-5-9-14(12)26-15-10-6-4-8-13(15)16/h3-10,16H,1-2H3,(H,21,22,23). The quantitative estimate of drug-likeness (QED) is 0.692. The van der Waals surface area contributed by atoms with Crippen molar-refractivity contribution in [1.82, 2.24) is 4.98 Å². The number of fused-ring (bicyclic) bond motifs is 2. The van der Waals surface area contributed by atoms with E-state index in [9.17, 15) is 9.59 Å². The molecule has 0 radical (unpaired) electrons. The van der Waals surface area contributed by atoms with Crippen molar-refractivity contribution >= 4 is 28.3 Å². The first kappa shape index (κ1) is 17.2. The number of carbonyl (C=O) groups is 2. The molecule has 0 atom stereocenters. The molecule has 2 heterocycles. The van der Waals surface area contributed by atoms with Crippen molar-refractivity contribution in [3.63, 3.8) is 0 Å². The van der Waals surface area contributed by atoms with Crippen LogP contribution in [-0.2, 0) is 9.53 Å². The fourth-order valence-corrected chi connectivity index (χ4v) is 3.99. The molecule has 1 N–H and O–H groups in total. The number of anilines is 1. The molecule has 7 heteroatoms. The van der Waals surface area contributed by atoms with Crippen LogP contribution in [0.25, 0.3) is 0 Å². The predicted molar refractivity (Wildman–Crippen MR) is 102 cm³/mol. The summed E-state index contributed by atoms with van der Waals surface area (Å²) >= 11 is 1.10. The Morgan fingerprint density at radius 2 is 1.67 bits per heavy atom. The molecule has 4 rings (SSSR count). The zero-order valence-electron chi connectivity index (χ0n) is 14.7. The van der Waals surface area contributed by atoms with E-state index >= 15 is 0 Å². The first-order valence-electron chi connectivity index (χ1n) is 8.31. The predicted octanol–water partition coefficient (Wildman–Crippen LogP) is 4.11. The van der Waals surface area contributed by atoms with E-state index in [1.165, 1.54) is 7.11 Å². The Hall–Kier alpha value is -3.19. The molecule has 0 saturated carbocycles. The fourth-order valence-electron chi connectivity index (χ4n) is 3.10. The lowest BCUT2D eigenvalue weighted by atomic mass is 9.87. The number of ether oxygens (including phenoxy) is 2. The van der Waals surface area contributed by atoms with Crippen LogP contribution in [0.3, 0.4) is 0 Å². The van der Waals surface area contributed by atoms with Gasteiger partial charge in [-0.1, -0.05) is 47.7 Å². The van der Waals surface area contributed by atoms with Gasteiger partial charge in [-0.3, -0.25) is 4.79 Å². The minimum atomic E-state index is -0.531. The molecule has 136 valence electrons. The topological polar surface area (TPSA) is 77.5 Å². The second kappa shape index (κ2) is 6.85. The van der Waals surface area contributed by atoms with Gasteiger partial charge in [0.05, 0.1) is 18.7 Å². The van der Waals surface area contributed by atoms with Crippen molar-refractivity contribution in [3.05, 3.63) is 70.2 Å². The average molecular weight is 380 g/mol. The van der Waals surface area contributed by atoms with E-state index in [1.54, 1.807) is 6.92 Å². The Kier molecular flexibility index (Phi) is 4.37. The highest BCUT2D eigenvalue weighted by Crippen LogP contribution is 2.44. The van der Waals surface area contributed by atoms with Gasteiger partial charge in [0.1, 0.15) is 16.4 Å². The molecule has 0 bridgehead atoms. The van der Waals surface area contributed by atoms with Gasteiger partial charge in [-0.25, -0.2) is 9.78 Å². The Morgan fingerprint density at radius 3 is 2.26 bits per heavy atom. The van der Waals surface area contributed by atoms with Crippen molar-refractivity contribution in [2.75, 3.05) is 12.4 Å². The molecule has 1 aromatic heterocycles. The van der Waals surface area contributed by atoms with Crippen LogP contribution in [0.4, 0.5) is 5.13 Å². The van der Waals surface area contributed by atoms with Gasteiger partial charge >= 0.3 is 5.97 Å². The van der Waals surface area contributed by atoms with E-state index in [0.29, 0.717) is 27.2 Å². The molecule has 2 aromatic carbocycles. The molecule has 3 aromatic rings. The van der Waals surface area contributed by atoms with Crippen LogP contribution in [0.1, 0.15) is 32.4 Å². The van der Waals surface area contributed by atoms with Gasteiger partial charge in [-0.2, -0.15) is 0 Å². The van der Waals surface area contributed by atoms with Crippen molar-refractivity contribution in [1.29, 1.82) is 0 Å². The van der Waals surface area contributed by atoms with Gasteiger partial charge in [0, 0.05) is 11.1 Å². The molecule has 1 aliphatic heterocycles. The highest BCUT2D eigenvalue weighted by molar-refractivity contribution is 7.17. The highest BCUT2D eigenvalue weighted by Gasteiger charge is 2.33. The number of amides is 1. The molecule has 0 spiro atoms. The summed E-state index contributed by atoms with van der Waals surface area (Å²) < 4.78 is 10.7. The molecule has 0 saturated heterocycles. The fraction of sp³-hybridized carbons (Fsp3) is 0.150. The van der Waals surface area contributed by atoms with Crippen LogP contribution in [-0.4, -0.2) is 24.0 Å². The number of aromatic nitrogens is 1. The van der Waals surface area contributed by atoms with Crippen molar-refractivity contribution in [3.8, 4) is 11.5 Å². The Bertz CT molecular complexity index is 998. The van der Waals surface area contributed by atoms with E-state index in [4.69, 9.17) is 9.47 Å². The summed E-state index contributed by atoms with van der Waals surface area (Å²) in [6, 6.07) is 14.9. The first-order chi connectivity index (χ1) is 13.1. The number of aryl methyl sites for hydroxylation is 1. The number of nitrogens with one attached hydrogen (secondary N) is 1. The Morgan fingerprint density at radius 1 is 1.07 bits per heavy atom. The molecule has 0 fully saturated rings. The molecule has 6 nitrogen and oxygen atoms in total. The van der Waals surface area contributed by atoms with Crippen molar-refractivity contribution in [2.24, 2.45) is 0 Å². The lowest BCUT2D eigenvalue weighted by Gasteiger charge is -2.27. The third-order valence-corrected chi connectivity index (χ3v) is 5.39. The number of benzene rings is 2. The summed E-state index contributed by atoms with van der Waals surface area (Å²) in [4.78, 5) is 29.6. The van der Waals surface area contributed by atoms with E-state index in [2.05, 4.69) is 10.3 Å². The van der Waals surface area contributed by atoms with E-state index in [-0.39, 0.29) is 5.91 Å². The van der Waals surface area contributed by atoms with Gasteiger partial charge < -0.3 is 14.8 Å². The van der Waals surface area contributed by atoms with E-state index in [0.717, 1.165) is 22.5 Å². The third-order valence-electron chi connectivity index (χ3n) is 4.34. The maximum atomic E-state index is 13.1. The average Bonchev–Trinajstić information content (AvgIpc) is 3.05. The normalized spacial score (nSPS) is 12.5. The second-order valence-corrected chi connectivity index (χ2v) is 7.02. The molecular formula is C20H16N2O4S. The van der Waals surface area contributed by atoms with Crippen molar-refractivity contribution < 1.29 is 19.1 Å². The summed E-state index contributed by atoms with van der Waals surface area (Å²) in [7, 11) is 1.32. The van der Waals surface area contributed by atoms with Gasteiger partial charge in [0.25, 0.3) is 0 Å². The van der Waals surface area contributed by atoms with E-state index in [1.807, 2.05) is 48.5 Å². The van der Waals surface area contributed by atoms with Crippen LogP contribution in [0.5, 0.6) is 11.5 Å². The maximum absolute atomic E-state index is 13.1. The molecule has 1 aliphatic rings. The second-order valence-electron chi connectivity index (χ2n) is 6.03. The van der Waals surface area contributed by atoms with Gasteiger partial charge in [-0.05, 0) is 19.1 Å². The summed E-state index contributed by atoms with van der Waals surface area (Å²) in [5.74, 6) is 0.0800. The zero-order chi connectivity index (χ0) is 19.0. The summed E-state index contributed by atoms with van der Waals surface area (Å²) in [5, 5.41) is 3.20. The molecule has 0 unspecified atom stereocenters. The number of nitrogens with zero attached hydrogens (tertiary/aromatic N) is 1. The number of rotatable bonds is 3. The highest BCUT2D eigenvalue weighted by atomic mass is 32.1. The van der Waals surface area contributed by atoms with Gasteiger partial charge in [0.15, 0.2) is 5.13 Å². The molecular weight excluding hydrogens is 364 g/mol. The number of methoxy groups -OCH3 is 1. The van der Waals surface area contributed by atoms with Gasteiger partial charge in [-0.15, -0.1) is 0 Å². The Balaban J connectivity index is 1.69. The minimum Gasteiger partial charge on any atom is -0.465 e. The molecule has 1 amide bonds. The number of hydrogen-bond donors (Lipinski definition) is 1. The van der Waals surface area contributed by atoms with Crippen LogP contribution >= 0.6 is 11.3 Å². The minimum absolute atomic E-state index is 0.233. The third kappa shape index (κ3) is 3.06. The largest absolute Gasteiger partial charge is 0.465 e. The summed E-state index contributed by atoms with van der Waals surface area (Å²) in [6.45, 7) is 1.71. The lowest BCUT2D eigenvalue weighted by Crippen LogP contribution is -2.25. The maximum Gasteiger partial charge on any atom is 0.350 e.